The SMILES string of the molecule is CCC(C)NC(=O)C(Cc1ccccc1)N(Cc1ccc(F)cc1)C(=O)CN(c1cc(Cl)cc(Cl)c1)S(=O)(=O)c1ccc(C)cc1. The van der Waals surface area contributed by atoms with Crippen LogP contribution in [0.4, 0.5) is 10.1 Å². The van der Waals surface area contributed by atoms with Crippen molar-refractivity contribution in [2.75, 3.05) is 10.8 Å². The fourth-order valence-corrected chi connectivity index (χ4v) is 6.74. The molecular formula is C35H36Cl2FN3O4S. The van der Waals surface area contributed by atoms with Crippen molar-refractivity contribution in [2.24, 2.45) is 0 Å². The Kier molecular flexibility index (Phi) is 11.8. The van der Waals surface area contributed by atoms with Crippen molar-refractivity contribution in [3.05, 3.63) is 130 Å². The lowest BCUT2D eigenvalue weighted by Gasteiger charge is -2.34. The van der Waals surface area contributed by atoms with Crippen LogP contribution in [-0.4, -0.2) is 43.8 Å². The molecule has 0 radical (unpaired) electrons. The molecule has 7 nitrogen and oxygen atoms in total. The van der Waals surface area contributed by atoms with Crippen LogP contribution in [0.15, 0.2) is 102 Å². The van der Waals surface area contributed by atoms with Gasteiger partial charge in [-0.3, -0.25) is 13.9 Å². The highest BCUT2D eigenvalue weighted by atomic mass is 35.5. The van der Waals surface area contributed by atoms with E-state index in [4.69, 9.17) is 23.2 Å². The molecule has 0 aliphatic heterocycles. The molecule has 0 aliphatic rings. The van der Waals surface area contributed by atoms with Gasteiger partial charge in [-0.05, 0) is 73.9 Å². The summed E-state index contributed by atoms with van der Waals surface area (Å²) in [4.78, 5) is 29.7. The number of nitrogens with zero attached hydrogens (tertiary/aromatic N) is 2. The summed E-state index contributed by atoms with van der Waals surface area (Å²) in [5.41, 5.74) is 2.29. The van der Waals surface area contributed by atoms with Gasteiger partial charge in [0, 0.05) is 29.1 Å². The number of anilines is 1. The smallest absolute Gasteiger partial charge is 0.264 e. The minimum atomic E-state index is -4.32. The van der Waals surface area contributed by atoms with Crippen LogP contribution in [-0.2, 0) is 32.6 Å². The first-order valence-corrected chi connectivity index (χ1v) is 17.0. The Labute approximate surface area is 280 Å². The van der Waals surface area contributed by atoms with Crippen LogP contribution in [0.2, 0.25) is 10.0 Å². The van der Waals surface area contributed by atoms with Crippen molar-refractivity contribution in [1.82, 2.24) is 10.2 Å². The molecule has 242 valence electrons. The lowest BCUT2D eigenvalue weighted by molar-refractivity contribution is -0.140. The van der Waals surface area contributed by atoms with Crippen LogP contribution in [0, 0.1) is 12.7 Å². The molecule has 0 fully saturated rings. The first kappa shape index (κ1) is 34.9. The number of benzene rings is 4. The normalized spacial score (nSPS) is 12.7. The summed E-state index contributed by atoms with van der Waals surface area (Å²) in [5.74, 6) is -1.51. The minimum absolute atomic E-state index is 0.0394. The summed E-state index contributed by atoms with van der Waals surface area (Å²) in [5, 5.41) is 3.34. The predicted octanol–water partition coefficient (Wildman–Crippen LogP) is 7.19. The van der Waals surface area contributed by atoms with E-state index in [0.29, 0.717) is 12.0 Å². The minimum Gasteiger partial charge on any atom is -0.352 e. The monoisotopic (exact) mass is 683 g/mol. The molecule has 4 aromatic rings. The third kappa shape index (κ3) is 9.09. The van der Waals surface area contributed by atoms with Crippen molar-refractivity contribution in [3.8, 4) is 0 Å². The van der Waals surface area contributed by atoms with E-state index in [9.17, 15) is 22.4 Å². The van der Waals surface area contributed by atoms with Gasteiger partial charge in [-0.25, -0.2) is 12.8 Å². The number of hydrogen-bond acceptors (Lipinski definition) is 4. The summed E-state index contributed by atoms with van der Waals surface area (Å²) < 4.78 is 43.1. The highest BCUT2D eigenvalue weighted by Gasteiger charge is 2.35. The number of halogens is 3. The fraction of sp³-hybridized carbons (Fsp3) is 0.257. The standard InChI is InChI=1S/C35H36Cl2FN3O4S/c1-4-25(3)39-35(43)33(18-26-8-6-5-7-9-26)40(22-27-12-14-30(38)15-13-27)34(42)23-41(31-20-28(36)19-29(37)21-31)46(44,45)32-16-10-24(2)11-17-32/h5-17,19-21,25,33H,4,18,22-23H2,1-3H3,(H,39,43). The third-order valence-electron chi connectivity index (χ3n) is 7.56. The Balaban J connectivity index is 1.83. The molecule has 0 saturated carbocycles. The second-order valence-corrected chi connectivity index (χ2v) is 13.9. The average molecular weight is 685 g/mol. The van der Waals surface area contributed by atoms with Crippen molar-refractivity contribution in [2.45, 2.75) is 57.1 Å². The van der Waals surface area contributed by atoms with Gasteiger partial charge in [-0.1, -0.05) is 90.3 Å². The van der Waals surface area contributed by atoms with Gasteiger partial charge >= 0.3 is 0 Å². The van der Waals surface area contributed by atoms with Crippen molar-refractivity contribution >= 4 is 50.7 Å². The molecule has 0 bridgehead atoms. The van der Waals surface area contributed by atoms with E-state index in [1.807, 2.05) is 51.1 Å². The molecule has 2 amide bonds. The van der Waals surface area contributed by atoms with E-state index in [1.165, 1.54) is 59.5 Å². The van der Waals surface area contributed by atoms with Gasteiger partial charge in [0.25, 0.3) is 10.0 Å². The lowest BCUT2D eigenvalue weighted by atomic mass is 10.0. The van der Waals surface area contributed by atoms with Crippen LogP contribution in [0.25, 0.3) is 0 Å². The molecule has 0 aliphatic carbocycles. The predicted molar refractivity (Wildman–Crippen MR) is 181 cm³/mol. The van der Waals surface area contributed by atoms with Crippen molar-refractivity contribution in [3.63, 3.8) is 0 Å². The molecule has 0 saturated heterocycles. The second kappa shape index (κ2) is 15.6. The topological polar surface area (TPSA) is 86.8 Å². The Morgan fingerprint density at radius 3 is 2.07 bits per heavy atom. The molecular weight excluding hydrogens is 648 g/mol. The molecule has 0 heterocycles. The van der Waals surface area contributed by atoms with Crippen LogP contribution >= 0.6 is 23.2 Å². The largest absolute Gasteiger partial charge is 0.352 e. The summed E-state index contributed by atoms with van der Waals surface area (Å²) in [7, 11) is -4.32. The Morgan fingerprint density at radius 2 is 1.48 bits per heavy atom. The number of sulfonamides is 1. The number of hydrogen-bond donors (Lipinski definition) is 1. The molecule has 1 N–H and O–H groups in total. The average Bonchev–Trinajstić information content (AvgIpc) is 3.02. The summed E-state index contributed by atoms with van der Waals surface area (Å²) >= 11 is 12.6. The summed E-state index contributed by atoms with van der Waals surface area (Å²) in [6.45, 7) is 4.87. The fourth-order valence-electron chi connectivity index (χ4n) is 4.83. The van der Waals surface area contributed by atoms with Crippen LogP contribution in [0.3, 0.4) is 0 Å². The van der Waals surface area contributed by atoms with E-state index in [0.717, 1.165) is 15.4 Å². The van der Waals surface area contributed by atoms with Crippen LogP contribution in [0.5, 0.6) is 0 Å². The Morgan fingerprint density at radius 1 is 0.870 bits per heavy atom. The van der Waals surface area contributed by atoms with Gasteiger partial charge in [-0.2, -0.15) is 0 Å². The van der Waals surface area contributed by atoms with E-state index < -0.39 is 40.2 Å². The van der Waals surface area contributed by atoms with Gasteiger partial charge < -0.3 is 10.2 Å². The maximum absolute atomic E-state index is 14.5. The first-order chi connectivity index (χ1) is 21.9. The van der Waals surface area contributed by atoms with Gasteiger partial charge in [0.15, 0.2) is 0 Å². The number of aryl methyl sites for hydroxylation is 1. The van der Waals surface area contributed by atoms with E-state index in [2.05, 4.69) is 5.32 Å². The number of nitrogens with one attached hydrogen (secondary N) is 1. The van der Waals surface area contributed by atoms with Gasteiger partial charge in [-0.15, -0.1) is 0 Å². The third-order valence-corrected chi connectivity index (χ3v) is 9.79. The first-order valence-electron chi connectivity index (χ1n) is 14.8. The Bertz CT molecular complexity index is 1740. The maximum Gasteiger partial charge on any atom is 0.264 e. The zero-order valence-electron chi connectivity index (χ0n) is 25.8. The molecule has 0 aromatic heterocycles. The van der Waals surface area contributed by atoms with Gasteiger partial charge in [0.2, 0.25) is 11.8 Å². The molecule has 4 aromatic carbocycles. The number of carbonyl (C=O) groups is 2. The van der Waals surface area contributed by atoms with Gasteiger partial charge in [0.1, 0.15) is 18.4 Å². The highest BCUT2D eigenvalue weighted by Crippen LogP contribution is 2.30. The number of amides is 2. The molecule has 46 heavy (non-hydrogen) atoms. The molecule has 2 unspecified atom stereocenters. The van der Waals surface area contributed by atoms with Crippen LogP contribution < -0.4 is 9.62 Å². The van der Waals surface area contributed by atoms with Crippen molar-refractivity contribution < 1.29 is 22.4 Å². The quantitative estimate of drug-likeness (QED) is 0.162. The second-order valence-electron chi connectivity index (χ2n) is 11.1. The van der Waals surface area contributed by atoms with Crippen molar-refractivity contribution in [1.29, 1.82) is 0 Å². The number of carbonyl (C=O) groups excluding carboxylic acids is 2. The van der Waals surface area contributed by atoms with E-state index in [-0.39, 0.29) is 39.6 Å². The lowest BCUT2D eigenvalue weighted by Crippen LogP contribution is -2.54. The van der Waals surface area contributed by atoms with E-state index in [1.54, 1.807) is 12.1 Å². The zero-order chi connectivity index (χ0) is 33.4. The number of rotatable bonds is 13. The summed E-state index contributed by atoms with van der Waals surface area (Å²) in [6, 6.07) is 24.1. The Hall–Kier alpha value is -3.92. The molecule has 2 atom stereocenters. The summed E-state index contributed by atoms with van der Waals surface area (Å²) in [6.07, 6.45) is 0.817. The highest BCUT2D eigenvalue weighted by molar-refractivity contribution is 7.92. The van der Waals surface area contributed by atoms with Crippen LogP contribution in [0.1, 0.15) is 37.0 Å². The molecule has 11 heteroatoms. The van der Waals surface area contributed by atoms with E-state index >= 15 is 0 Å². The molecule has 4 rings (SSSR count). The zero-order valence-corrected chi connectivity index (χ0v) is 28.1. The van der Waals surface area contributed by atoms with Gasteiger partial charge in [0.05, 0.1) is 10.6 Å². The molecule has 0 spiro atoms. The maximum atomic E-state index is 14.5.